The van der Waals surface area contributed by atoms with Crippen LogP contribution in [-0.4, -0.2) is 0 Å². The molecule has 0 heteroatoms. The summed E-state index contributed by atoms with van der Waals surface area (Å²) >= 11 is 0. The van der Waals surface area contributed by atoms with Crippen molar-refractivity contribution < 1.29 is 0 Å². The highest BCUT2D eigenvalue weighted by molar-refractivity contribution is 5.40. The highest BCUT2D eigenvalue weighted by Crippen LogP contribution is 2.04. The lowest BCUT2D eigenvalue weighted by Crippen LogP contribution is -1.79. The molecule has 12 heavy (non-hydrogen) atoms. The van der Waals surface area contributed by atoms with Gasteiger partial charge in [-0.05, 0) is 25.0 Å². The number of benzene rings is 1. The van der Waals surface area contributed by atoms with Gasteiger partial charge in [-0.3, -0.25) is 0 Å². The van der Waals surface area contributed by atoms with Gasteiger partial charge in [-0.2, -0.15) is 0 Å². The molecule has 0 amide bonds. The number of aryl methyl sites for hydroxylation is 1. The summed E-state index contributed by atoms with van der Waals surface area (Å²) in [6.45, 7) is 4.24. The normalized spacial score (nSPS) is 8.83. The van der Waals surface area contributed by atoms with Crippen LogP contribution in [0.1, 0.15) is 30.9 Å². The first-order valence-corrected chi connectivity index (χ1v) is 4.39. The van der Waals surface area contributed by atoms with Crippen molar-refractivity contribution >= 4 is 0 Å². The molecule has 0 aliphatic carbocycles. The molecule has 0 radical (unpaired) electrons. The molecule has 0 saturated heterocycles. The molecule has 0 bridgehead atoms. The van der Waals surface area contributed by atoms with Gasteiger partial charge in [0.05, 0.1) is 0 Å². The lowest BCUT2D eigenvalue weighted by atomic mass is 10.1. The summed E-state index contributed by atoms with van der Waals surface area (Å²) in [6.07, 6.45) is 2.13. The molecule has 0 aliphatic rings. The average Bonchev–Trinajstić information content (AvgIpc) is 2.09. The van der Waals surface area contributed by atoms with Gasteiger partial charge < -0.3 is 0 Å². The Kier molecular flexibility index (Phi) is 3.41. The van der Waals surface area contributed by atoms with E-state index in [-0.39, 0.29) is 0 Å². The molecule has 0 heterocycles. The topological polar surface area (TPSA) is 0 Å². The molecule has 0 unspecified atom stereocenters. The molecule has 0 saturated carbocycles. The minimum absolute atomic E-state index is 0.994. The van der Waals surface area contributed by atoms with Gasteiger partial charge in [0.1, 0.15) is 0 Å². The zero-order chi connectivity index (χ0) is 8.81. The Hall–Kier alpha value is -1.22. The van der Waals surface area contributed by atoms with E-state index in [1.54, 1.807) is 0 Å². The molecule has 62 valence electrons. The van der Waals surface area contributed by atoms with E-state index in [9.17, 15) is 0 Å². The Morgan fingerprint density at radius 1 is 1.25 bits per heavy atom. The van der Waals surface area contributed by atoms with E-state index in [0.717, 1.165) is 18.4 Å². The smallest absolute Gasteiger partial charge is 0.0274 e. The Morgan fingerprint density at radius 3 is 2.67 bits per heavy atom. The van der Waals surface area contributed by atoms with Gasteiger partial charge in [-0.1, -0.05) is 37.0 Å². The lowest BCUT2D eigenvalue weighted by Gasteiger charge is -1.94. The molecule has 0 spiro atoms. The van der Waals surface area contributed by atoms with E-state index in [1.165, 1.54) is 5.56 Å². The van der Waals surface area contributed by atoms with Crippen LogP contribution in [0, 0.1) is 18.8 Å². The van der Waals surface area contributed by atoms with Gasteiger partial charge >= 0.3 is 0 Å². The van der Waals surface area contributed by atoms with Crippen LogP contribution < -0.4 is 0 Å². The Labute approximate surface area is 74.6 Å². The third-order valence-corrected chi connectivity index (χ3v) is 1.74. The number of hydrogen-bond acceptors (Lipinski definition) is 0. The number of hydrogen-bond donors (Lipinski definition) is 0. The van der Waals surface area contributed by atoms with Crippen molar-refractivity contribution in [2.24, 2.45) is 0 Å². The molecular formula is C12H14. The summed E-state index contributed by atoms with van der Waals surface area (Å²) in [5.74, 6) is 6.31. The summed E-state index contributed by atoms with van der Waals surface area (Å²) in [6, 6.07) is 8.23. The summed E-state index contributed by atoms with van der Waals surface area (Å²) in [5, 5.41) is 0. The van der Waals surface area contributed by atoms with Crippen molar-refractivity contribution in [1.29, 1.82) is 0 Å². The van der Waals surface area contributed by atoms with E-state index in [0.29, 0.717) is 0 Å². The van der Waals surface area contributed by atoms with Crippen molar-refractivity contribution in [2.45, 2.75) is 26.7 Å². The van der Waals surface area contributed by atoms with Gasteiger partial charge in [-0.15, -0.1) is 0 Å². The van der Waals surface area contributed by atoms with Gasteiger partial charge in [0, 0.05) is 12.0 Å². The lowest BCUT2D eigenvalue weighted by molar-refractivity contribution is 0.983. The molecule has 1 aromatic rings. The summed E-state index contributed by atoms with van der Waals surface area (Å²) < 4.78 is 0. The van der Waals surface area contributed by atoms with E-state index >= 15 is 0 Å². The van der Waals surface area contributed by atoms with Gasteiger partial charge in [0.2, 0.25) is 0 Å². The van der Waals surface area contributed by atoms with Crippen molar-refractivity contribution in [1.82, 2.24) is 0 Å². The number of rotatable bonds is 1. The van der Waals surface area contributed by atoms with Gasteiger partial charge in [0.25, 0.3) is 0 Å². The molecule has 0 fully saturated rings. The highest BCUT2D eigenvalue weighted by Gasteiger charge is 1.88. The zero-order valence-corrected chi connectivity index (χ0v) is 7.72. The first-order chi connectivity index (χ1) is 5.84. The maximum Gasteiger partial charge on any atom is 0.0274 e. The predicted octanol–water partition coefficient (Wildman–Crippen LogP) is 3.15. The molecule has 0 N–H and O–H groups in total. The quantitative estimate of drug-likeness (QED) is 0.551. The molecule has 0 atom stereocenters. The maximum atomic E-state index is 3.16. The molecule has 1 aromatic carbocycles. The Morgan fingerprint density at radius 2 is 2.00 bits per heavy atom. The molecular weight excluding hydrogens is 144 g/mol. The fourth-order valence-corrected chi connectivity index (χ4v) is 0.996. The van der Waals surface area contributed by atoms with Crippen LogP contribution in [0.2, 0.25) is 0 Å². The monoisotopic (exact) mass is 158 g/mol. The second kappa shape index (κ2) is 4.62. The van der Waals surface area contributed by atoms with Crippen molar-refractivity contribution in [3.8, 4) is 11.8 Å². The van der Waals surface area contributed by atoms with Crippen LogP contribution >= 0.6 is 0 Å². The Bertz CT molecular complexity index is 299. The van der Waals surface area contributed by atoms with Crippen LogP contribution in [0.5, 0.6) is 0 Å². The summed E-state index contributed by atoms with van der Waals surface area (Å²) in [7, 11) is 0. The minimum Gasteiger partial charge on any atom is -0.0979 e. The predicted molar refractivity (Wildman–Crippen MR) is 53.0 cm³/mol. The van der Waals surface area contributed by atoms with E-state index in [1.807, 2.05) is 12.1 Å². The Balaban J connectivity index is 2.77. The second-order valence-electron chi connectivity index (χ2n) is 2.87. The zero-order valence-electron chi connectivity index (χ0n) is 7.72. The van der Waals surface area contributed by atoms with E-state index < -0.39 is 0 Å². The molecule has 1 rings (SSSR count). The van der Waals surface area contributed by atoms with Crippen molar-refractivity contribution in [2.75, 3.05) is 0 Å². The molecule has 0 aliphatic heterocycles. The SMILES string of the molecule is CCCC#Cc1ccccc1C. The third kappa shape index (κ3) is 2.43. The minimum atomic E-state index is 0.994. The van der Waals surface area contributed by atoms with Crippen LogP contribution in [0.15, 0.2) is 24.3 Å². The van der Waals surface area contributed by atoms with E-state index in [4.69, 9.17) is 0 Å². The van der Waals surface area contributed by atoms with Crippen molar-refractivity contribution in [3.63, 3.8) is 0 Å². The summed E-state index contributed by atoms with van der Waals surface area (Å²) in [5.41, 5.74) is 2.42. The third-order valence-electron chi connectivity index (χ3n) is 1.74. The van der Waals surface area contributed by atoms with Crippen LogP contribution in [-0.2, 0) is 0 Å². The van der Waals surface area contributed by atoms with E-state index in [2.05, 4.69) is 37.8 Å². The van der Waals surface area contributed by atoms with Gasteiger partial charge in [0.15, 0.2) is 0 Å². The number of unbranched alkanes of at least 4 members (excludes halogenated alkanes) is 1. The molecule has 0 aromatic heterocycles. The van der Waals surface area contributed by atoms with Crippen LogP contribution in [0.4, 0.5) is 0 Å². The first-order valence-electron chi connectivity index (χ1n) is 4.39. The average molecular weight is 158 g/mol. The van der Waals surface area contributed by atoms with Crippen molar-refractivity contribution in [3.05, 3.63) is 35.4 Å². The van der Waals surface area contributed by atoms with Crippen LogP contribution in [0.25, 0.3) is 0 Å². The largest absolute Gasteiger partial charge is 0.0979 e. The fraction of sp³-hybridized carbons (Fsp3) is 0.333. The molecule has 0 nitrogen and oxygen atoms in total. The second-order valence-corrected chi connectivity index (χ2v) is 2.87. The van der Waals surface area contributed by atoms with Gasteiger partial charge in [-0.25, -0.2) is 0 Å². The highest BCUT2D eigenvalue weighted by atomic mass is 13.9. The standard InChI is InChI=1S/C12H14/c1-3-4-5-9-12-10-7-6-8-11(12)2/h6-8,10H,3-4H2,1-2H3. The van der Waals surface area contributed by atoms with Crippen LogP contribution in [0.3, 0.4) is 0 Å². The maximum absolute atomic E-state index is 3.16. The fourth-order valence-electron chi connectivity index (χ4n) is 0.996. The summed E-state index contributed by atoms with van der Waals surface area (Å²) in [4.78, 5) is 0. The first kappa shape index (κ1) is 8.87.